The quantitative estimate of drug-likeness (QED) is 0.876. The highest BCUT2D eigenvalue weighted by Crippen LogP contribution is 2.27. The van der Waals surface area contributed by atoms with Gasteiger partial charge in [0, 0.05) is 0 Å². The molecule has 1 aliphatic rings. The van der Waals surface area contributed by atoms with E-state index in [4.69, 9.17) is 11.6 Å². The van der Waals surface area contributed by atoms with Gasteiger partial charge in [0.1, 0.15) is 0 Å². The van der Waals surface area contributed by atoms with Gasteiger partial charge >= 0.3 is 0 Å². The maximum absolute atomic E-state index is 11.9. The third-order valence-corrected chi connectivity index (χ3v) is 4.31. The van der Waals surface area contributed by atoms with Crippen molar-refractivity contribution in [2.75, 3.05) is 11.1 Å². The summed E-state index contributed by atoms with van der Waals surface area (Å²) in [6.45, 7) is 0. The molecular formula is C12H14ClNOS. The average Bonchev–Trinajstić information content (AvgIpc) is 2.33. The zero-order valence-corrected chi connectivity index (χ0v) is 10.5. The van der Waals surface area contributed by atoms with E-state index in [-0.39, 0.29) is 11.2 Å². The number of carbonyl (C=O) groups is 1. The van der Waals surface area contributed by atoms with Crippen molar-refractivity contribution in [1.82, 2.24) is 0 Å². The van der Waals surface area contributed by atoms with Crippen LogP contribution in [-0.2, 0) is 4.79 Å². The van der Waals surface area contributed by atoms with Crippen molar-refractivity contribution in [2.45, 2.75) is 24.5 Å². The number of carbonyl (C=O) groups excluding carboxylic acids is 1. The van der Waals surface area contributed by atoms with Gasteiger partial charge in [0.2, 0.25) is 5.91 Å². The van der Waals surface area contributed by atoms with E-state index in [1.807, 2.05) is 18.2 Å². The molecule has 2 nitrogen and oxygen atoms in total. The monoisotopic (exact) mass is 255 g/mol. The Kier molecular flexibility index (Phi) is 4.13. The summed E-state index contributed by atoms with van der Waals surface area (Å²) in [6.07, 6.45) is 3.34. The third kappa shape index (κ3) is 2.92. The Morgan fingerprint density at radius 1 is 1.38 bits per heavy atom. The second-order valence-electron chi connectivity index (χ2n) is 3.82. The molecule has 1 aromatic rings. The summed E-state index contributed by atoms with van der Waals surface area (Å²) in [5.74, 6) is 1.17. The van der Waals surface area contributed by atoms with Gasteiger partial charge in [0.25, 0.3) is 0 Å². The van der Waals surface area contributed by atoms with E-state index >= 15 is 0 Å². The number of anilines is 1. The highest BCUT2D eigenvalue weighted by atomic mass is 35.5. The number of hydrogen-bond acceptors (Lipinski definition) is 2. The van der Waals surface area contributed by atoms with Crippen molar-refractivity contribution in [2.24, 2.45) is 0 Å². The Balaban J connectivity index is 1.99. The number of hydrogen-bond donors (Lipinski definition) is 1. The van der Waals surface area contributed by atoms with Crippen molar-refractivity contribution in [1.29, 1.82) is 0 Å². The molecule has 1 saturated heterocycles. The van der Waals surface area contributed by atoms with E-state index in [2.05, 4.69) is 5.32 Å². The van der Waals surface area contributed by atoms with Crippen molar-refractivity contribution < 1.29 is 4.79 Å². The summed E-state index contributed by atoms with van der Waals surface area (Å²) in [5, 5.41) is 3.57. The molecule has 1 heterocycles. The molecule has 0 saturated carbocycles. The summed E-state index contributed by atoms with van der Waals surface area (Å²) in [7, 11) is 0. The van der Waals surface area contributed by atoms with Crippen LogP contribution in [-0.4, -0.2) is 16.9 Å². The van der Waals surface area contributed by atoms with E-state index in [0.29, 0.717) is 10.7 Å². The first kappa shape index (κ1) is 11.8. The van der Waals surface area contributed by atoms with E-state index in [9.17, 15) is 4.79 Å². The van der Waals surface area contributed by atoms with Crippen LogP contribution in [0.15, 0.2) is 24.3 Å². The highest BCUT2D eigenvalue weighted by Gasteiger charge is 2.21. The fraction of sp³-hybridized carbons (Fsp3) is 0.417. The number of amides is 1. The van der Waals surface area contributed by atoms with Gasteiger partial charge in [-0.2, -0.15) is 0 Å². The van der Waals surface area contributed by atoms with Crippen molar-refractivity contribution >= 4 is 35.0 Å². The molecule has 2 rings (SSSR count). The topological polar surface area (TPSA) is 29.1 Å². The van der Waals surface area contributed by atoms with Gasteiger partial charge in [-0.25, -0.2) is 0 Å². The lowest BCUT2D eigenvalue weighted by Gasteiger charge is -2.20. The van der Waals surface area contributed by atoms with Gasteiger partial charge in [-0.15, -0.1) is 11.8 Å². The van der Waals surface area contributed by atoms with Crippen LogP contribution in [0.2, 0.25) is 5.02 Å². The van der Waals surface area contributed by atoms with Crippen LogP contribution < -0.4 is 5.32 Å². The first-order valence-corrected chi connectivity index (χ1v) is 6.87. The minimum atomic E-state index is 0.0813. The van der Waals surface area contributed by atoms with E-state index in [0.717, 1.165) is 18.6 Å². The van der Waals surface area contributed by atoms with Gasteiger partial charge in [-0.3, -0.25) is 4.79 Å². The van der Waals surface area contributed by atoms with Crippen LogP contribution >= 0.6 is 23.4 Å². The summed E-state index contributed by atoms with van der Waals surface area (Å²) in [6, 6.07) is 7.34. The number of nitrogens with one attached hydrogen (secondary N) is 1. The molecule has 0 aromatic heterocycles. The Morgan fingerprint density at radius 2 is 2.19 bits per heavy atom. The van der Waals surface area contributed by atoms with Gasteiger partial charge in [0.15, 0.2) is 0 Å². The largest absolute Gasteiger partial charge is 0.324 e. The Bertz CT molecular complexity index is 377. The van der Waals surface area contributed by atoms with E-state index in [1.54, 1.807) is 17.8 Å². The predicted molar refractivity (Wildman–Crippen MR) is 70.2 cm³/mol. The number of benzene rings is 1. The standard InChI is InChI=1S/C12H14ClNOS/c13-9-5-1-2-6-10(9)14-12(15)11-7-3-4-8-16-11/h1-2,5-6,11H,3-4,7-8H2,(H,14,15). The molecule has 1 aliphatic heterocycles. The van der Waals surface area contributed by atoms with Gasteiger partial charge < -0.3 is 5.32 Å². The minimum Gasteiger partial charge on any atom is -0.324 e. The molecule has 0 spiro atoms. The van der Waals surface area contributed by atoms with E-state index in [1.165, 1.54) is 6.42 Å². The van der Waals surface area contributed by atoms with Crippen molar-refractivity contribution in [3.05, 3.63) is 29.3 Å². The molecule has 0 aliphatic carbocycles. The zero-order valence-electron chi connectivity index (χ0n) is 8.91. The average molecular weight is 256 g/mol. The molecule has 0 radical (unpaired) electrons. The zero-order chi connectivity index (χ0) is 11.4. The third-order valence-electron chi connectivity index (χ3n) is 2.60. The maximum Gasteiger partial charge on any atom is 0.237 e. The lowest BCUT2D eigenvalue weighted by Crippen LogP contribution is -2.27. The first-order chi connectivity index (χ1) is 7.77. The smallest absolute Gasteiger partial charge is 0.237 e. The molecule has 1 amide bonds. The predicted octanol–water partition coefficient (Wildman–Crippen LogP) is 3.56. The van der Waals surface area contributed by atoms with Crippen LogP contribution in [0.3, 0.4) is 0 Å². The van der Waals surface area contributed by atoms with Gasteiger partial charge in [-0.05, 0) is 30.7 Å². The summed E-state index contributed by atoms with van der Waals surface area (Å²) in [5.41, 5.74) is 0.709. The SMILES string of the molecule is O=C(Nc1ccccc1Cl)C1CCCCS1. The fourth-order valence-corrected chi connectivity index (χ4v) is 3.11. The first-order valence-electron chi connectivity index (χ1n) is 5.44. The normalized spacial score (nSPS) is 20.4. The lowest BCUT2D eigenvalue weighted by molar-refractivity contribution is -0.115. The fourth-order valence-electron chi connectivity index (χ4n) is 1.72. The van der Waals surface area contributed by atoms with Gasteiger partial charge in [0.05, 0.1) is 16.0 Å². The summed E-state index contributed by atoms with van der Waals surface area (Å²) < 4.78 is 0. The van der Waals surface area contributed by atoms with Crippen LogP contribution in [0.4, 0.5) is 5.69 Å². The molecule has 1 fully saturated rings. The van der Waals surface area contributed by atoms with Gasteiger partial charge in [-0.1, -0.05) is 30.2 Å². The molecule has 1 atom stereocenters. The number of rotatable bonds is 2. The summed E-state index contributed by atoms with van der Waals surface area (Å²) in [4.78, 5) is 11.9. The second kappa shape index (κ2) is 5.60. The number of para-hydroxylation sites is 1. The Hall–Kier alpha value is -0.670. The van der Waals surface area contributed by atoms with Crippen LogP contribution in [0.1, 0.15) is 19.3 Å². The molecule has 1 N–H and O–H groups in total. The number of halogens is 1. The molecule has 4 heteroatoms. The summed E-state index contributed by atoms with van der Waals surface area (Å²) >= 11 is 7.73. The molecule has 1 unspecified atom stereocenters. The van der Waals surface area contributed by atoms with Crippen LogP contribution in [0.25, 0.3) is 0 Å². The molecule has 16 heavy (non-hydrogen) atoms. The Morgan fingerprint density at radius 3 is 2.88 bits per heavy atom. The van der Waals surface area contributed by atoms with Crippen molar-refractivity contribution in [3.8, 4) is 0 Å². The molecule has 86 valence electrons. The lowest BCUT2D eigenvalue weighted by atomic mass is 10.2. The van der Waals surface area contributed by atoms with Crippen molar-refractivity contribution in [3.63, 3.8) is 0 Å². The minimum absolute atomic E-state index is 0.0813. The molecule has 0 bridgehead atoms. The second-order valence-corrected chi connectivity index (χ2v) is 5.54. The highest BCUT2D eigenvalue weighted by molar-refractivity contribution is 8.00. The number of thioether (sulfide) groups is 1. The maximum atomic E-state index is 11.9. The molecule has 1 aromatic carbocycles. The van der Waals surface area contributed by atoms with E-state index < -0.39 is 0 Å². The Labute approximate surface area is 105 Å². The molecular weight excluding hydrogens is 242 g/mol. The van der Waals surface area contributed by atoms with Crippen LogP contribution in [0, 0.1) is 0 Å². The van der Waals surface area contributed by atoms with Crippen LogP contribution in [0.5, 0.6) is 0 Å².